The van der Waals surface area contributed by atoms with Crippen molar-refractivity contribution in [1.29, 1.82) is 0 Å². The van der Waals surface area contributed by atoms with E-state index in [1.54, 1.807) is 0 Å². The van der Waals surface area contributed by atoms with Gasteiger partial charge in [-0.1, -0.05) is 13.8 Å². The molecular formula is C13H21IN2O. The van der Waals surface area contributed by atoms with E-state index in [2.05, 4.69) is 41.8 Å². The minimum atomic E-state index is 0.326. The summed E-state index contributed by atoms with van der Waals surface area (Å²) in [6.07, 6.45) is 0. The summed E-state index contributed by atoms with van der Waals surface area (Å²) in [5, 5.41) is 3.52. The van der Waals surface area contributed by atoms with Crippen LogP contribution in [0.1, 0.15) is 20.8 Å². The molecule has 0 aliphatic rings. The highest BCUT2D eigenvalue weighted by atomic mass is 127. The molecule has 0 saturated carbocycles. The van der Waals surface area contributed by atoms with Gasteiger partial charge in [0.2, 0.25) is 0 Å². The van der Waals surface area contributed by atoms with Gasteiger partial charge in [0.05, 0.1) is 12.6 Å². The highest BCUT2D eigenvalue weighted by Gasteiger charge is 2.14. The van der Waals surface area contributed by atoms with E-state index >= 15 is 0 Å². The van der Waals surface area contributed by atoms with Crippen LogP contribution in [0.5, 0.6) is 0 Å². The highest BCUT2D eigenvalue weighted by molar-refractivity contribution is 14.1. The van der Waals surface area contributed by atoms with Crippen LogP contribution in [0.2, 0.25) is 0 Å². The fourth-order valence-electron chi connectivity index (χ4n) is 1.49. The molecule has 3 nitrogen and oxygen atoms in total. The molecule has 0 spiro atoms. The summed E-state index contributed by atoms with van der Waals surface area (Å²) in [4.78, 5) is 0. The fourth-order valence-corrected chi connectivity index (χ4v) is 2.19. The number of anilines is 2. The van der Waals surface area contributed by atoms with E-state index in [0.29, 0.717) is 12.0 Å². The normalized spacial score (nSPS) is 12.8. The molecule has 96 valence electrons. The summed E-state index contributed by atoms with van der Waals surface area (Å²) < 4.78 is 6.65. The second-order valence-electron chi connectivity index (χ2n) is 4.39. The zero-order chi connectivity index (χ0) is 12.8. The molecule has 1 aromatic carbocycles. The van der Waals surface area contributed by atoms with Crippen LogP contribution >= 0.6 is 22.6 Å². The van der Waals surface area contributed by atoms with Gasteiger partial charge in [0.15, 0.2) is 0 Å². The molecule has 0 aliphatic heterocycles. The number of halogens is 1. The Morgan fingerprint density at radius 3 is 2.65 bits per heavy atom. The maximum Gasteiger partial charge on any atom is 0.0670 e. The Bertz CT molecular complexity index is 355. The van der Waals surface area contributed by atoms with Gasteiger partial charge in [-0.15, -0.1) is 0 Å². The Labute approximate surface area is 117 Å². The van der Waals surface area contributed by atoms with Crippen molar-refractivity contribution in [3.8, 4) is 0 Å². The van der Waals surface area contributed by atoms with Crippen LogP contribution in [0.3, 0.4) is 0 Å². The van der Waals surface area contributed by atoms with Gasteiger partial charge in [-0.2, -0.15) is 0 Å². The van der Waals surface area contributed by atoms with Gasteiger partial charge in [-0.25, -0.2) is 0 Å². The molecule has 1 unspecified atom stereocenters. The fraction of sp³-hybridized carbons (Fsp3) is 0.538. The molecule has 3 N–H and O–H groups in total. The van der Waals surface area contributed by atoms with E-state index in [9.17, 15) is 0 Å². The third-order valence-electron chi connectivity index (χ3n) is 2.64. The molecule has 0 heterocycles. The van der Waals surface area contributed by atoms with Crippen LogP contribution in [-0.2, 0) is 4.74 Å². The van der Waals surface area contributed by atoms with Gasteiger partial charge >= 0.3 is 0 Å². The van der Waals surface area contributed by atoms with Gasteiger partial charge in [0, 0.05) is 21.6 Å². The summed E-state index contributed by atoms with van der Waals surface area (Å²) in [5.41, 5.74) is 7.66. The van der Waals surface area contributed by atoms with E-state index in [4.69, 9.17) is 10.5 Å². The Balaban J connectivity index is 2.71. The van der Waals surface area contributed by atoms with Crippen LogP contribution < -0.4 is 11.1 Å². The zero-order valence-electron chi connectivity index (χ0n) is 10.7. The molecular weight excluding hydrogens is 327 g/mol. The number of ether oxygens (including phenoxy) is 1. The third-order valence-corrected chi connectivity index (χ3v) is 3.53. The van der Waals surface area contributed by atoms with Crippen molar-refractivity contribution in [2.45, 2.75) is 26.8 Å². The molecule has 0 saturated heterocycles. The molecule has 1 atom stereocenters. The molecule has 0 amide bonds. The molecule has 0 aliphatic carbocycles. The molecule has 0 aromatic heterocycles. The number of hydrogen-bond acceptors (Lipinski definition) is 3. The number of nitrogen functional groups attached to an aromatic ring is 1. The summed E-state index contributed by atoms with van der Waals surface area (Å²) in [5.74, 6) is 0.523. The van der Waals surface area contributed by atoms with Crippen molar-refractivity contribution in [3.05, 3.63) is 21.8 Å². The minimum Gasteiger partial charge on any atom is -0.399 e. The SMILES string of the molecule is CCOCC(Nc1ccc(N)cc1I)C(C)C. The first kappa shape index (κ1) is 14.6. The average molecular weight is 348 g/mol. The van der Waals surface area contributed by atoms with Gasteiger partial charge in [0.25, 0.3) is 0 Å². The van der Waals surface area contributed by atoms with E-state index in [1.165, 1.54) is 0 Å². The summed E-state index contributed by atoms with van der Waals surface area (Å²) in [6.45, 7) is 7.89. The number of nitrogens with two attached hydrogens (primary N) is 1. The monoisotopic (exact) mass is 348 g/mol. The van der Waals surface area contributed by atoms with Crippen molar-refractivity contribution in [1.82, 2.24) is 0 Å². The summed E-state index contributed by atoms with van der Waals surface area (Å²) in [6, 6.07) is 6.24. The molecule has 17 heavy (non-hydrogen) atoms. The Morgan fingerprint density at radius 1 is 1.41 bits per heavy atom. The first-order valence-corrected chi connectivity index (χ1v) is 7.01. The van der Waals surface area contributed by atoms with E-state index in [-0.39, 0.29) is 0 Å². The first-order chi connectivity index (χ1) is 8.04. The summed E-state index contributed by atoms with van der Waals surface area (Å²) in [7, 11) is 0. The molecule has 1 rings (SSSR count). The number of nitrogens with one attached hydrogen (secondary N) is 1. The van der Waals surface area contributed by atoms with Crippen LogP contribution in [0.15, 0.2) is 18.2 Å². The standard InChI is InChI=1S/C13H21IN2O/c1-4-17-8-13(9(2)3)16-12-6-5-10(15)7-11(12)14/h5-7,9,13,16H,4,8,15H2,1-3H3. The second-order valence-corrected chi connectivity index (χ2v) is 5.56. The van der Waals surface area contributed by atoms with Crippen molar-refractivity contribution >= 4 is 34.0 Å². The number of rotatable bonds is 6. The van der Waals surface area contributed by atoms with Gasteiger partial charge in [-0.05, 0) is 53.6 Å². The molecule has 0 fully saturated rings. The van der Waals surface area contributed by atoms with Crippen molar-refractivity contribution < 1.29 is 4.74 Å². The van der Waals surface area contributed by atoms with Crippen LogP contribution in [0.25, 0.3) is 0 Å². The molecule has 0 radical (unpaired) electrons. The van der Waals surface area contributed by atoms with E-state index in [0.717, 1.165) is 28.2 Å². The Hall–Kier alpha value is -0.490. The second kappa shape index (κ2) is 7.06. The Kier molecular flexibility index (Phi) is 6.05. The first-order valence-electron chi connectivity index (χ1n) is 5.94. The van der Waals surface area contributed by atoms with Crippen molar-refractivity contribution in [2.75, 3.05) is 24.3 Å². The minimum absolute atomic E-state index is 0.326. The van der Waals surface area contributed by atoms with E-state index in [1.807, 2.05) is 25.1 Å². The Morgan fingerprint density at radius 2 is 2.12 bits per heavy atom. The lowest BCUT2D eigenvalue weighted by Crippen LogP contribution is -2.31. The maximum absolute atomic E-state index is 5.74. The number of benzene rings is 1. The van der Waals surface area contributed by atoms with Gasteiger partial charge < -0.3 is 15.8 Å². The van der Waals surface area contributed by atoms with Crippen molar-refractivity contribution in [3.63, 3.8) is 0 Å². The largest absolute Gasteiger partial charge is 0.399 e. The average Bonchev–Trinajstić information content (AvgIpc) is 2.26. The van der Waals surface area contributed by atoms with E-state index < -0.39 is 0 Å². The van der Waals surface area contributed by atoms with Gasteiger partial charge in [0.1, 0.15) is 0 Å². The third kappa shape index (κ3) is 4.71. The molecule has 4 heteroatoms. The lowest BCUT2D eigenvalue weighted by atomic mass is 10.0. The zero-order valence-corrected chi connectivity index (χ0v) is 12.8. The topological polar surface area (TPSA) is 47.3 Å². The highest BCUT2D eigenvalue weighted by Crippen LogP contribution is 2.22. The maximum atomic E-state index is 5.74. The smallest absolute Gasteiger partial charge is 0.0670 e. The number of hydrogen-bond donors (Lipinski definition) is 2. The van der Waals surface area contributed by atoms with Crippen molar-refractivity contribution in [2.24, 2.45) is 5.92 Å². The lowest BCUT2D eigenvalue weighted by molar-refractivity contribution is 0.127. The predicted molar refractivity (Wildman–Crippen MR) is 82.3 cm³/mol. The lowest BCUT2D eigenvalue weighted by Gasteiger charge is -2.24. The molecule has 1 aromatic rings. The van der Waals surface area contributed by atoms with Gasteiger partial charge in [-0.3, -0.25) is 0 Å². The van der Waals surface area contributed by atoms with Crippen LogP contribution in [0.4, 0.5) is 11.4 Å². The summed E-state index contributed by atoms with van der Waals surface area (Å²) >= 11 is 2.30. The van der Waals surface area contributed by atoms with Crippen LogP contribution in [0, 0.1) is 9.49 Å². The quantitative estimate of drug-likeness (QED) is 0.612. The predicted octanol–water partition coefficient (Wildman–Crippen LogP) is 3.35. The van der Waals surface area contributed by atoms with Crippen LogP contribution in [-0.4, -0.2) is 19.3 Å². The molecule has 0 bridgehead atoms.